The molecule has 1 aromatic rings. The molecule has 1 aliphatic rings. The molecule has 1 fully saturated rings. The summed E-state index contributed by atoms with van der Waals surface area (Å²) in [6, 6.07) is 4.90. The Balaban J connectivity index is 0.00000180. The number of hydrogen-bond donors (Lipinski definition) is 1. The number of nitrogens with one attached hydrogen (secondary N) is 1. The van der Waals surface area contributed by atoms with Crippen LogP contribution >= 0.6 is 24.8 Å². The van der Waals surface area contributed by atoms with Crippen LogP contribution in [-0.4, -0.2) is 37.5 Å². The van der Waals surface area contributed by atoms with Crippen molar-refractivity contribution in [3.05, 3.63) is 34.9 Å². The lowest BCUT2D eigenvalue weighted by Gasteiger charge is -2.35. The van der Waals surface area contributed by atoms with Crippen molar-refractivity contribution in [1.82, 2.24) is 10.2 Å². The Morgan fingerprint density at radius 2 is 1.70 bits per heavy atom. The highest BCUT2D eigenvalue weighted by molar-refractivity contribution is 5.85. The van der Waals surface area contributed by atoms with Crippen molar-refractivity contribution in [3.63, 3.8) is 0 Å². The van der Waals surface area contributed by atoms with Crippen LogP contribution in [0.2, 0.25) is 0 Å². The van der Waals surface area contributed by atoms with Crippen molar-refractivity contribution < 1.29 is 8.78 Å². The maximum atomic E-state index is 13.4. The summed E-state index contributed by atoms with van der Waals surface area (Å²) >= 11 is 0. The molecule has 0 aromatic heterocycles. The van der Waals surface area contributed by atoms with E-state index < -0.39 is 12.5 Å². The van der Waals surface area contributed by atoms with Gasteiger partial charge < -0.3 is 5.32 Å². The van der Waals surface area contributed by atoms with E-state index in [1.807, 2.05) is 36.9 Å². The van der Waals surface area contributed by atoms with E-state index in [0.29, 0.717) is 13.1 Å². The molecule has 2 rings (SSSR count). The van der Waals surface area contributed by atoms with Gasteiger partial charge in [-0.15, -0.1) is 24.8 Å². The number of hydrogen-bond acceptors (Lipinski definition) is 2. The second-order valence-electron chi connectivity index (χ2n) is 4.85. The van der Waals surface area contributed by atoms with Crippen LogP contribution in [0.3, 0.4) is 0 Å². The van der Waals surface area contributed by atoms with E-state index in [1.54, 1.807) is 0 Å². The zero-order valence-electron chi connectivity index (χ0n) is 11.7. The van der Waals surface area contributed by atoms with E-state index in [9.17, 15) is 8.78 Å². The average Bonchev–Trinajstić information content (AvgIpc) is 2.36. The zero-order valence-corrected chi connectivity index (χ0v) is 13.4. The molecule has 1 aromatic carbocycles. The lowest BCUT2D eigenvalue weighted by Crippen LogP contribution is -2.47. The number of rotatable bonds is 3. The first-order valence-corrected chi connectivity index (χ1v) is 6.40. The standard InChI is InChI=1S/C14H20F2N2.2ClH/c1-10-4-3-5-12(11(10)2)13(14(15)16)18-8-6-17-7-9-18;;/h3-5,13-14,17H,6-9H2,1-2H3;2*1H/t13-;;/m1../s1. The second kappa shape index (κ2) is 8.78. The number of alkyl halides is 2. The summed E-state index contributed by atoms with van der Waals surface area (Å²) in [5.74, 6) is 0. The molecule has 1 aliphatic heterocycles. The number of aryl methyl sites for hydroxylation is 1. The number of halogens is 4. The molecule has 0 bridgehead atoms. The molecule has 20 heavy (non-hydrogen) atoms. The molecule has 0 spiro atoms. The summed E-state index contributed by atoms with van der Waals surface area (Å²) < 4.78 is 26.8. The predicted octanol–water partition coefficient (Wildman–Crippen LogP) is 3.36. The Hall–Kier alpha value is -0.420. The topological polar surface area (TPSA) is 15.3 Å². The minimum Gasteiger partial charge on any atom is -0.314 e. The Labute approximate surface area is 131 Å². The van der Waals surface area contributed by atoms with Crippen LogP contribution in [0.25, 0.3) is 0 Å². The lowest BCUT2D eigenvalue weighted by molar-refractivity contribution is 0.0178. The van der Waals surface area contributed by atoms with Gasteiger partial charge in [0.25, 0.3) is 6.43 Å². The van der Waals surface area contributed by atoms with Gasteiger partial charge in [0.1, 0.15) is 0 Å². The number of benzene rings is 1. The largest absolute Gasteiger partial charge is 0.314 e. The fourth-order valence-corrected chi connectivity index (χ4v) is 2.55. The Kier molecular flexibility index (Phi) is 8.59. The first-order chi connectivity index (χ1) is 8.61. The van der Waals surface area contributed by atoms with Crippen LogP contribution in [-0.2, 0) is 0 Å². The van der Waals surface area contributed by atoms with Gasteiger partial charge in [-0.3, -0.25) is 4.90 Å². The Morgan fingerprint density at radius 1 is 1.10 bits per heavy atom. The van der Waals surface area contributed by atoms with E-state index in [4.69, 9.17) is 0 Å². The smallest absolute Gasteiger partial charge is 0.258 e. The Bertz CT molecular complexity index is 410. The van der Waals surface area contributed by atoms with E-state index in [2.05, 4.69) is 5.32 Å². The lowest BCUT2D eigenvalue weighted by atomic mass is 9.96. The van der Waals surface area contributed by atoms with Gasteiger partial charge in [-0.1, -0.05) is 18.2 Å². The SMILES string of the molecule is Cc1cccc([C@H](C(F)F)N2CCNCC2)c1C.Cl.Cl. The van der Waals surface area contributed by atoms with Crippen LogP contribution in [0.15, 0.2) is 18.2 Å². The third-order valence-electron chi connectivity index (χ3n) is 3.75. The minimum atomic E-state index is -2.34. The highest BCUT2D eigenvalue weighted by Crippen LogP contribution is 2.31. The van der Waals surface area contributed by atoms with Crippen LogP contribution in [0, 0.1) is 13.8 Å². The number of nitrogens with zero attached hydrogens (tertiary/aromatic N) is 1. The van der Waals surface area contributed by atoms with Gasteiger partial charge in [-0.2, -0.15) is 0 Å². The quantitative estimate of drug-likeness (QED) is 0.916. The highest BCUT2D eigenvalue weighted by Gasteiger charge is 2.31. The normalized spacial score (nSPS) is 17.2. The van der Waals surface area contributed by atoms with Crippen molar-refractivity contribution in [1.29, 1.82) is 0 Å². The van der Waals surface area contributed by atoms with Gasteiger partial charge in [0.15, 0.2) is 0 Å². The third-order valence-corrected chi connectivity index (χ3v) is 3.75. The Morgan fingerprint density at radius 3 is 2.25 bits per heavy atom. The molecule has 6 heteroatoms. The summed E-state index contributed by atoms with van der Waals surface area (Å²) in [5, 5.41) is 3.20. The highest BCUT2D eigenvalue weighted by atomic mass is 35.5. The number of piperazine rings is 1. The van der Waals surface area contributed by atoms with Crippen molar-refractivity contribution in [2.75, 3.05) is 26.2 Å². The summed E-state index contributed by atoms with van der Waals surface area (Å²) in [4.78, 5) is 1.89. The fourth-order valence-electron chi connectivity index (χ4n) is 2.55. The third kappa shape index (κ3) is 4.29. The van der Waals surface area contributed by atoms with Gasteiger partial charge in [0.2, 0.25) is 0 Å². The zero-order chi connectivity index (χ0) is 13.1. The monoisotopic (exact) mass is 326 g/mol. The minimum absolute atomic E-state index is 0. The molecule has 0 amide bonds. The molecule has 1 saturated heterocycles. The second-order valence-corrected chi connectivity index (χ2v) is 4.85. The fraction of sp³-hybridized carbons (Fsp3) is 0.571. The molecular weight excluding hydrogens is 305 g/mol. The van der Waals surface area contributed by atoms with Gasteiger partial charge in [0.05, 0.1) is 6.04 Å². The average molecular weight is 327 g/mol. The van der Waals surface area contributed by atoms with Crippen LogP contribution in [0.4, 0.5) is 8.78 Å². The molecule has 0 saturated carbocycles. The first-order valence-electron chi connectivity index (χ1n) is 6.40. The summed E-state index contributed by atoms with van der Waals surface area (Å²) in [5.41, 5.74) is 2.83. The van der Waals surface area contributed by atoms with Gasteiger partial charge in [0, 0.05) is 26.2 Å². The molecule has 0 unspecified atom stereocenters. The van der Waals surface area contributed by atoms with Crippen LogP contribution in [0.5, 0.6) is 0 Å². The van der Waals surface area contributed by atoms with Crippen molar-refractivity contribution in [3.8, 4) is 0 Å². The van der Waals surface area contributed by atoms with E-state index in [0.717, 1.165) is 29.8 Å². The molecule has 2 nitrogen and oxygen atoms in total. The van der Waals surface area contributed by atoms with Crippen LogP contribution in [0.1, 0.15) is 22.7 Å². The molecular formula is C14H22Cl2F2N2. The molecule has 1 heterocycles. The molecule has 0 radical (unpaired) electrons. The van der Waals surface area contributed by atoms with E-state index >= 15 is 0 Å². The van der Waals surface area contributed by atoms with E-state index in [-0.39, 0.29) is 24.8 Å². The molecule has 1 atom stereocenters. The summed E-state index contributed by atoms with van der Waals surface area (Å²) in [7, 11) is 0. The predicted molar refractivity (Wildman–Crippen MR) is 83.6 cm³/mol. The first kappa shape index (κ1) is 19.6. The van der Waals surface area contributed by atoms with Gasteiger partial charge in [-0.25, -0.2) is 8.78 Å². The summed E-state index contributed by atoms with van der Waals surface area (Å²) in [6.45, 7) is 6.84. The summed E-state index contributed by atoms with van der Waals surface area (Å²) in [6.07, 6.45) is -2.34. The van der Waals surface area contributed by atoms with Crippen molar-refractivity contribution in [2.24, 2.45) is 0 Å². The maximum absolute atomic E-state index is 13.4. The van der Waals surface area contributed by atoms with Gasteiger partial charge in [-0.05, 0) is 30.5 Å². The molecule has 0 aliphatic carbocycles. The van der Waals surface area contributed by atoms with E-state index in [1.165, 1.54) is 0 Å². The maximum Gasteiger partial charge on any atom is 0.258 e. The molecule has 1 N–H and O–H groups in total. The van der Waals surface area contributed by atoms with Crippen molar-refractivity contribution >= 4 is 24.8 Å². The van der Waals surface area contributed by atoms with Crippen LogP contribution < -0.4 is 5.32 Å². The van der Waals surface area contributed by atoms with Gasteiger partial charge >= 0.3 is 0 Å². The van der Waals surface area contributed by atoms with Crippen molar-refractivity contribution in [2.45, 2.75) is 26.3 Å². The molecule has 116 valence electrons.